The van der Waals surface area contributed by atoms with Gasteiger partial charge in [0.1, 0.15) is 23.5 Å². The van der Waals surface area contributed by atoms with Crippen LogP contribution in [0.3, 0.4) is 0 Å². The molecule has 2 aliphatic heterocycles. The first-order chi connectivity index (χ1) is 12.1. The van der Waals surface area contributed by atoms with E-state index in [4.69, 9.17) is 10.5 Å². The standard InChI is InChI=1S/C16H25N3O6S/c1-16(2)11(15(23)25-4)19-12(21)10(13(19)26-16)18-9(20)7-5-6-8(17)14(22)24-3/h8,10-11,13H,5-7,17H2,1-4H3,(H,18,20)/t8?,10-,11?,13-/m1/s1. The predicted octanol–water partition coefficient (Wildman–Crippen LogP) is -0.623. The number of nitrogens with zero attached hydrogens (tertiary/aromatic N) is 1. The van der Waals surface area contributed by atoms with Crippen LogP contribution in [0, 0.1) is 0 Å². The number of hydrogen-bond acceptors (Lipinski definition) is 8. The molecule has 2 unspecified atom stereocenters. The Hall–Kier alpha value is -1.81. The van der Waals surface area contributed by atoms with Gasteiger partial charge in [-0.2, -0.15) is 0 Å². The van der Waals surface area contributed by atoms with Crippen LogP contribution in [-0.2, 0) is 28.7 Å². The average Bonchev–Trinajstić information content (AvgIpc) is 2.86. The van der Waals surface area contributed by atoms with E-state index in [-0.39, 0.29) is 23.6 Å². The average molecular weight is 387 g/mol. The van der Waals surface area contributed by atoms with Gasteiger partial charge in [-0.1, -0.05) is 0 Å². The van der Waals surface area contributed by atoms with Crippen molar-refractivity contribution < 1.29 is 28.7 Å². The summed E-state index contributed by atoms with van der Waals surface area (Å²) < 4.78 is 8.83. The summed E-state index contributed by atoms with van der Waals surface area (Å²) in [5.41, 5.74) is 5.62. The Morgan fingerprint density at radius 1 is 1.31 bits per heavy atom. The van der Waals surface area contributed by atoms with Crippen LogP contribution in [0.15, 0.2) is 0 Å². The third kappa shape index (κ3) is 3.80. The molecule has 2 amide bonds. The van der Waals surface area contributed by atoms with E-state index in [0.29, 0.717) is 12.8 Å². The van der Waals surface area contributed by atoms with Gasteiger partial charge in [-0.25, -0.2) is 4.79 Å². The van der Waals surface area contributed by atoms with Gasteiger partial charge in [0.25, 0.3) is 0 Å². The minimum absolute atomic E-state index is 0.148. The molecule has 2 heterocycles. The van der Waals surface area contributed by atoms with Crippen LogP contribution in [0.1, 0.15) is 33.1 Å². The number of ether oxygens (including phenoxy) is 2. The summed E-state index contributed by atoms with van der Waals surface area (Å²) in [4.78, 5) is 49.2. The fraction of sp³-hybridized carbons (Fsp3) is 0.750. The number of esters is 2. The van der Waals surface area contributed by atoms with Gasteiger partial charge in [0, 0.05) is 11.2 Å². The van der Waals surface area contributed by atoms with Gasteiger partial charge in [-0.05, 0) is 26.7 Å². The lowest BCUT2D eigenvalue weighted by atomic mass is 9.96. The SMILES string of the molecule is COC(=O)C(N)CCCC(=O)N[C@@H]1C(=O)N2C(C(=O)OC)C(C)(C)S[C@H]12. The second-order valence-corrected chi connectivity index (χ2v) is 8.62. The van der Waals surface area contributed by atoms with E-state index in [1.807, 2.05) is 13.8 Å². The van der Waals surface area contributed by atoms with E-state index >= 15 is 0 Å². The maximum absolute atomic E-state index is 12.4. The molecule has 0 aliphatic carbocycles. The van der Waals surface area contributed by atoms with E-state index < -0.39 is 34.8 Å². The van der Waals surface area contributed by atoms with Crippen LogP contribution in [0.4, 0.5) is 0 Å². The number of amides is 2. The first-order valence-electron chi connectivity index (χ1n) is 8.34. The summed E-state index contributed by atoms with van der Waals surface area (Å²) in [5.74, 6) is -1.56. The summed E-state index contributed by atoms with van der Waals surface area (Å²) in [6.07, 6.45) is 0.872. The summed E-state index contributed by atoms with van der Waals surface area (Å²) >= 11 is 1.47. The first kappa shape index (κ1) is 20.5. The second kappa shape index (κ2) is 7.83. The van der Waals surface area contributed by atoms with Crippen LogP contribution in [0.2, 0.25) is 0 Å². The Morgan fingerprint density at radius 3 is 2.54 bits per heavy atom. The van der Waals surface area contributed by atoms with Gasteiger partial charge in [-0.3, -0.25) is 14.4 Å². The van der Waals surface area contributed by atoms with Crippen molar-refractivity contribution in [2.45, 2.75) is 61.4 Å². The Balaban J connectivity index is 1.87. The van der Waals surface area contributed by atoms with Crippen LogP contribution in [-0.4, -0.2) is 71.1 Å². The van der Waals surface area contributed by atoms with Crippen LogP contribution in [0.5, 0.6) is 0 Å². The fourth-order valence-electron chi connectivity index (χ4n) is 3.24. The smallest absolute Gasteiger partial charge is 0.330 e. The highest BCUT2D eigenvalue weighted by Gasteiger charge is 2.64. The van der Waals surface area contributed by atoms with Gasteiger partial charge in [-0.15, -0.1) is 11.8 Å². The van der Waals surface area contributed by atoms with Crippen molar-refractivity contribution in [3.8, 4) is 0 Å². The number of fused-ring (bicyclic) bond motifs is 1. The molecule has 2 aliphatic rings. The minimum atomic E-state index is -0.763. The zero-order valence-electron chi connectivity index (χ0n) is 15.3. The predicted molar refractivity (Wildman–Crippen MR) is 93.9 cm³/mol. The van der Waals surface area contributed by atoms with E-state index in [1.54, 1.807) is 0 Å². The third-order valence-corrected chi connectivity index (χ3v) is 6.18. The molecule has 0 saturated carbocycles. The van der Waals surface area contributed by atoms with Crippen molar-refractivity contribution in [2.24, 2.45) is 5.73 Å². The molecule has 26 heavy (non-hydrogen) atoms. The maximum atomic E-state index is 12.4. The number of thioether (sulfide) groups is 1. The number of nitrogens with two attached hydrogens (primary N) is 1. The van der Waals surface area contributed by atoms with Gasteiger partial charge >= 0.3 is 11.9 Å². The van der Waals surface area contributed by atoms with Crippen LogP contribution < -0.4 is 11.1 Å². The minimum Gasteiger partial charge on any atom is -0.468 e. The van der Waals surface area contributed by atoms with E-state index in [1.165, 1.54) is 30.9 Å². The van der Waals surface area contributed by atoms with Gasteiger partial charge in [0.15, 0.2) is 0 Å². The molecule has 0 bridgehead atoms. The molecule has 3 N–H and O–H groups in total. The van der Waals surface area contributed by atoms with Crippen molar-refractivity contribution in [1.29, 1.82) is 0 Å². The highest BCUT2D eigenvalue weighted by atomic mass is 32.2. The number of rotatable bonds is 7. The number of β-lactam (4-membered cyclic amide) rings is 1. The van der Waals surface area contributed by atoms with Gasteiger partial charge in [0.05, 0.1) is 14.2 Å². The van der Waals surface area contributed by atoms with Crippen LogP contribution in [0.25, 0.3) is 0 Å². The van der Waals surface area contributed by atoms with Crippen molar-refractivity contribution in [1.82, 2.24) is 10.2 Å². The summed E-state index contributed by atoms with van der Waals surface area (Å²) in [7, 11) is 2.55. The quantitative estimate of drug-likeness (QED) is 0.437. The first-order valence-corrected chi connectivity index (χ1v) is 9.22. The van der Waals surface area contributed by atoms with E-state index in [9.17, 15) is 19.2 Å². The normalized spacial score (nSPS) is 27.2. The van der Waals surface area contributed by atoms with Gasteiger partial charge in [0.2, 0.25) is 11.8 Å². The molecular formula is C16H25N3O6S. The Bertz CT molecular complexity index is 611. The highest BCUT2D eigenvalue weighted by Crippen LogP contribution is 2.51. The Labute approximate surface area is 156 Å². The van der Waals surface area contributed by atoms with E-state index in [0.717, 1.165) is 0 Å². The van der Waals surface area contributed by atoms with Crippen molar-refractivity contribution in [3.05, 3.63) is 0 Å². The molecule has 0 aromatic carbocycles. The number of methoxy groups -OCH3 is 2. The molecule has 0 radical (unpaired) electrons. The summed E-state index contributed by atoms with van der Waals surface area (Å²) in [6, 6.07) is -2.09. The zero-order chi connectivity index (χ0) is 19.6. The molecule has 0 aromatic rings. The lowest BCUT2D eigenvalue weighted by molar-refractivity contribution is -0.162. The number of nitrogens with one attached hydrogen (secondary N) is 1. The summed E-state index contributed by atoms with van der Waals surface area (Å²) in [6.45, 7) is 3.75. The Morgan fingerprint density at radius 2 is 1.96 bits per heavy atom. The number of hydrogen-bond donors (Lipinski definition) is 2. The largest absolute Gasteiger partial charge is 0.468 e. The fourth-order valence-corrected chi connectivity index (χ4v) is 4.86. The topological polar surface area (TPSA) is 128 Å². The van der Waals surface area contributed by atoms with Crippen LogP contribution >= 0.6 is 11.8 Å². The molecular weight excluding hydrogens is 362 g/mol. The molecule has 0 spiro atoms. The zero-order valence-corrected chi connectivity index (χ0v) is 16.1. The van der Waals surface area contributed by atoms with Crippen molar-refractivity contribution >= 4 is 35.5 Å². The lowest BCUT2D eigenvalue weighted by Crippen LogP contribution is -2.70. The molecule has 2 saturated heterocycles. The lowest BCUT2D eigenvalue weighted by Gasteiger charge is -2.43. The Kier molecular flexibility index (Phi) is 6.17. The summed E-state index contributed by atoms with van der Waals surface area (Å²) in [5, 5.41) is 2.42. The molecule has 10 heteroatoms. The maximum Gasteiger partial charge on any atom is 0.330 e. The molecule has 0 aromatic heterocycles. The van der Waals surface area contributed by atoms with Gasteiger partial charge < -0.3 is 25.4 Å². The molecule has 146 valence electrons. The van der Waals surface area contributed by atoms with E-state index in [2.05, 4.69) is 10.1 Å². The second-order valence-electron chi connectivity index (χ2n) is 6.85. The third-order valence-electron chi connectivity index (χ3n) is 4.60. The monoisotopic (exact) mass is 387 g/mol. The molecule has 2 fully saturated rings. The van der Waals surface area contributed by atoms with Crippen molar-refractivity contribution in [3.63, 3.8) is 0 Å². The molecule has 9 nitrogen and oxygen atoms in total. The number of carbonyl (C=O) groups is 4. The molecule has 4 atom stereocenters. The van der Waals surface area contributed by atoms with Crippen molar-refractivity contribution in [2.75, 3.05) is 14.2 Å². The molecule has 2 rings (SSSR count). The number of carbonyl (C=O) groups excluding carboxylic acids is 4. The highest BCUT2D eigenvalue weighted by molar-refractivity contribution is 8.01.